The minimum atomic E-state index is -0.816. The molecule has 0 amide bonds. The van der Waals surface area contributed by atoms with Crippen molar-refractivity contribution in [2.24, 2.45) is 0 Å². The van der Waals surface area contributed by atoms with Gasteiger partial charge in [0.25, 0.3) is 0 Å². The molecule has 21 heavy (non-hydrogen) atoms. The zero-order valence-corrected chi connectivity index (χ0v) is 12.5. The number of benzene rings is 1. The van der Waals surface area contributed by atoms with Gasteiger partial charge in [0.15, 0.2) is 5.82 Å². The van der Waals surface area contributed by atoms with E-state index in [0.29, 0.717) is 16.7 Å². The van der Waals surface area contributed by atoms with Crippen LogP contribution in [0.5, 0.6) is 0 Å². The summed E-state index contributed by atoms with van der Waals surface area (Å²) in [5, 5.41) is 21.9. The predicted molar refractivity (Wildman–Crippen MR) is 83.4 cm³/mol. The van der Waals surface area contributed by atoms with E-state index in [-0.39, 0.29) is 13.2 Å². The fourth-order valence-electron chi connectivity index (χ4n) is 1.78. The number of rotatable bonds is 6. The molecule has 2 rings (SSSR count). The van der Waals surface area contributed by atoms with Crippen LogP contribution in [0.15, 0.2) is 30.3 Å². The Bertz CT molecular complexity index is 590. The summed E-state index contributed by atoms with van der Waals surface area (Å²) >= 11 is 5.88. The number of nitrogens with one attached hydrogen (secondary N) is 1. The van der Waals surface area contributed by atoms with E-state index >= 15 is 0 Å². The number of nitrogens with zero attached hydrogens (tertiary/aromatic N) is 2. The van der Waals surface area contributed by atoms with Gasteiger partial charge in [-0.1, -0.05) is 18.5 Å². The summed E-state index contributed by atoms with van der Waals surface area (Å²) in [6.45, 7) is 1.96. The highest BCUT2D eigenvalue weighted by Gasteiger charge is 2.08. The smallest absolute Gasteiger partial charge is 0.161 e. The highest BCUT2D eigenvalue weighted by Crippen LogP contribution is 2.20. The molecule has 0 saturated carbocycles. The van der Waals surface area contributed by atoms with Crippen molar-refractivity contribution in [2.75, 3.05) is 18.5 Å². The molecule has 0 fully saturated rings. The van der Waals surface area contributed by atoms with Crippen molar-refractivity contribution in [1.29, 1.82) is 0 Å². The Hall–Kier alpha value is -1.69. The molecule has 0 spiro atoms. The molecule has 1 aromatic carbocycles. The van der Waals surface area contributed by atoms with E-state index in [1.54, 1.807) is 12.1 Å². The molecule has 0 aliphatic carbocycles. The van der Waals surface area contributed by atoms with Gasteiger partial charge in [-0.2, -0.15) is 0 Å². The van der Waals surface area contributed by atoms with Crippen LogP contribution in [0.25, 0.3) is 11.4 Å². The second kappa shape index (κ2) is 7.36. The van der Waals surface area contributed by atoms with Crippen LogP contribution in [0.4, 0.5) is 5.82 Å². The number of aliphatic hydroxyl groups is 2. The van der Waals surface area contributed by atoms with Crippen molar-refractivity contribution < 1.29 is 10.2 Å². The van der Waals surface area contributed by atoms with Gasteiger partial charge in [0, 0.05) is 28.9 Å². The van der Waals surface area contributed by atoms with Gasteiger partial charge in [0.1, 0.15) is 5.82 Å². The molecule has 0 radical (unpaired) electrons. The molecule has 1 heterocycles. The SMILES string of the molecule is CCc1cc(NCC(O)CO)nc(-c2ccc(Cl)cc2)n1. The molecule has 1 aromatic heterocycles. The normalized spacial score (nSPS) is 12.2. The molecule has 3 N–H and O–H groups in total. The number of hydrogen-bond donors (Lipinski definition) is 3. The number of hydrogen-bond acceptors (Lipinski definition) is 5. The first kappa shape index (κ1) is 15.7. The molecule has 2 aromatic rings. The monoisotopic (exact) mass is 307 g/mol. The number of aromatic nitrogens is 2. The second-order valence-electron chi connectivity index (χ2n) is 4.65. The van der Waals surface area contributed by atoms with Crippen molar-refractivity contribution in [2.45, 2.75) is 19.4 Å². The van der Waals surface area contributed by atoms with Gasteiger partial charge in [-0.15, -0.1) is 0 Å². The number of aliphatic hydroxyl groups excluding tert-OH is 2. The maximum absolute atomic E-state index is 9.39. The Labute approximate surface area is 128 Å². The Morgan fingerprint density at radius 3 is 2.57 bits per heavy atom. The van der Waals surface area contributed by atoms with Gasteiger partial charge in [0.05, 0.1) is 12.7 Å². The van der Waals surface area contributed by atoms with Gasteiger partial charge in [-0.25, -0.2) is 9.97 Å². The molecule has 0 bridgehead atoms. The predicted octanol–water partition coefficient (Wildman–Crippen LogP) is 2.12. The molecule has 5 nitrogen and oxygen atoms in total. The second-order valence-corrected chi connectivity index (χ2v) is 5.08. The fraction of sp³-hybridized carbons (Fsp3) is 0.333. The molecule has 1 atom stereocenters. The van der Waals surface area contributed by atoms with Gasteiger partial charge in [-0.05, 0) is 30.7 Å². The largest absolute Gasteiger partial charge is 0.394 e. The first-order valence-electron chi connectivity index (χ1n) is 6.79. The van der Waals surface area contributed by atoms with E-state index < -0.39 is 6.10 Å². The summed E-state index contributed by atoms with van der Waals surface area (Å²) < 4.78 is 0. The van der Waals surface area contributed by atoms with Gasteiger partial charge >= 0.3 is 0 Å². The van der Waals surface area contributed by atoms with E-state index in [9.17, 15) is 5.11 Å². The lowest BCUT2D eigenvalue weighted by Gasteiger charge is -2.12. The maximum Gasteiger partial charge on any atom is 0.161 e. The zero-order valence-electron chi connectivity index (χ0n) is 11.8. The standard InChI is InChI=1S/C15H18ClN3O2/c1-2-12-7-14(17-8-13(21)9-20)19-15(18-12)10-3-5-11(16)6-4-10/h3-7,13,20-21H,2,8-9H2,1H3,(H,17,18,19). The fourth-order valence-corrected chi connectivity index (χ4v) is 1.91. The van der Waals surface area contributed by atoms with Crippen LogP contribution < -0.4 is 5.32 Å². The first-order valence-corrected chi connectivity index (χ1v) is 7.17. The molecular formula is C15H18ClN3O2. The number of aryl methyl sites for hydroxylation is 1. The van der Waals surface area contributed by atoms with Crippen molar-refractivity contribution in [3.63, 3.8) is 0 Å². The number of anilines is 1. The van der Waals surface area contributed by atoms with Crippen molar-refractivity contribution in [3.05, 3.63) is 41.0 Å². The topological polar surface area (TPSA) is 78.3 Å². The Balaban J connectivity index is 2.26. The lowest BCUT2D eigenvalue weighted by atomic mass is 10.2. The lowest BCUT2D eigenvalue weighted by molar-refractivity contribution is 0.105. The van der Waals surface area contributed by atoms with Gasteiger partial charge in [0.2, 0.25) is 0 Å². The zero-order chi connectivity index (χ0) is 15.2. The maximum atomic E-state index is 9.39. The highest BCUT2D eigenvalue weighted by molar-refractivity contribution is 6.30. The van der Waals surface area contributed by atoms with E-state index in [1.807, 2.05) is 25.1 Å². The van der Waals surface area contributed by atoms with Gasteiger partial charge < -0.3 is 15.5 Å². The Morgan fingerprint density at radius 2 is 1.95 bits per heavy atom. The summed E-state index contributed by atoms with van der Waals surface area (Å²) in [4.78, 5) is 8.92. The molecular weight excluding hydrogens is 290 g/mol. The minimum absolute atomic E-state index is 0.233. The summed E-state index contributed by atoms with van der Waals surface area (Å²) in [6.07, 6.45) is -0.0376. The molecule has 0 saturated heterocycles. The van der Waals surface area contributed by atoms with Crippen LogP contribution in [0.3, 0.4) is 0 Å². The van der Waals surface area contributed by atoms with Crippen LogP contribution >= 0.6 is 11.6 Å². The quantitative estimate of drug-likeness (QED) is 0.762. The summed E-state index contributed by atoms with van der Waals surface area (Å²) in [6, 6.07) is 9.15. The van der Waals surface area contributed by atoms with Crippen LogP contribution in [0.2, 0.25) is 5.02 Å². The average molecular weight is 308 g/mol. The van der Waals surface area contributed by atoms with Crippen LogP contribution in [-0.4, -0.2) is 39.4 Å². The molecule has 6 heteroatoms. The molecule has 1 unspecified atom stereocenters. The van der Waals surface area contributed by atoms with Crippen molar-refractivity contribution in [3.8, 4) is 11.4 Å². The van der Waals surface area contributed by atoms with Gasteiger partial charge in [-0.3, -0.25) is 0 Å². The average Bonchev–Trinajstić information content (AvgIpc) is 2.52. The third-order valence-corrected chi connectivity index (χ3v) is 3.23. The summed E-state index contributed by atoms with van der Waals surface area (Å²) in [5.74, 6) is 1.23. The lowest BCUT2D eigenvalue weighted by Crippen LogP contribution is -2.23. The highest BCUT2D eigenvalue weighted by atomic mass is 35.5. The summed E-state index contributed by atoms with van der Waals surface area (Å²) in [5.41, 5.74) is 1.77. The van der Waals surface area contributed by atoms with Crippen LogP contribution in [-0.2, 0) is 6.42 Å². The Morgan fingerprint density at radius 1 is 1.24 bits per heavy atom. The van der Waals surface area contributed by atoms with Crippen molar-refractivity contribution >= 4 is 17.4 Å². The van der Waals surface area contributed by atoms with E-state index in [4.69, 9.17) is 16.7 Å². The third-order valence-electron chi connectivity index (χ3n) is 2.97. The van der Waals surface area contributed by atoms with Crippen molar-refractivity contribution in [1.82, 2.24) is 9.97 Å². The minimum Gasteiger partial charge on any atom is -0.394 e. The van der Waals surface area contributed by atoms with E-state index in [1.165, 1.54) is 0 Å². The first-order chi connectivity index (χ1) is 10.1. The molecule has 0 aliphatic heterocycles. The third kappa shape index (κ3) is 4.39. The van der Waals surface area contributed by atoms with Crippen LogP contribution in [0, 0.1) is 0 Å². The molecule has 112 valence electrons. The Kier molecular flexibility index (Phi) is 5.50. The molecule has 0 aliphatic rings. The summed E-state index contributed by atoms with van der Waals surface area (Å²) in [7, 11) is 0. The van der Waals surface area contributed by atoms with Crippen LogP contribution in [0.1, 0.15) is 12.6 Å². The number of halogens is 1. The van der Waals surface area contributed by atoms with E-state index in [2.05, 4.69) is 15.3 Å². The van der Waals surface area contributed by atoms with E-state index in [0.717, 1.165) is 17.7 Å².